The SMILES string of the molecule is Clc1ccc(OCCCc2nc3cc4c(cc3[nH]2)OCCO4)c(Cl)c1. The van der Waals surface area contributed by atoms with Gasteiger partial charge in [0.05, 0.1) is 22.7 Å². The molecule has 7 heteroatoms. The third kappa shape index (κ3) is 3.62. The average Bonchev–Trinajstić information content (AvgIpc) is 2.99. The van der Waals surface area contributed by atoms with E-state index in [2.05, 4.69) is 9.97 Å². The van der Waals surface area contributed by atoms with Gasteiger partial charge in [0.2, 0.25) is 0 Å². The van der Waals surface area contributed by atoms with Crippen LogP contribution in [0.25, 0.3) is 11.0 Å². The highest BCUT2D eigenvalue weighted by Gasteiger charge is 2.14. The van der Waals surface area contributed by atoms with Crippen LogP contribution < -0.4 is 14.2 Å². The molecule has 0 fully saturated rings. The largest absolute Gasteiger partial charge is 0.492 e. The van der Waals surface area contributed by atoms with Gasteiger partial charge in [-0.25, -0.2) is 4.98 Å². The van der Waals surface area contributed by atoms with Crippen molar-refractivity contribution in [2.24, 2.45) is 0 Å². The van der Waals surface area contributed by atoms with Crippen LogP contribution in [0.15, 0.2) is 30.3 Å². The number of nitrogens with zero attached hydrogens (tertiary/aromatic N) is 1. The number of halogens is 2. The van der Waals surface area contributed by atoms with Crippen LogP contribution in [-0.4, -0.2) is 29.8 Å². The van der Waals surface area contributed by atoms with E-state index < -0.39 is 0 Å². The molecule has 0 bridgehead atoms. The lowest BCUT2D eigenvalue weighted by Gasteiger charge is -2.17. The maximum Gasteiger partial charge on any atom is 0.163 e. The number of hydrogen-bond acceptors (Lipinski definition) is 4. The third-order valence-electron chi connectivity index (χ3n) is 3.90. The predicted octanol–water partition coefficient (Wildman–Crippen LogP) is 4.65. The number of nitrogens with one attached hydrogen (secondary N) is 1. The molecule has 5 nitrogen and oxygen atoms in total. The minimum absolute atomic E-state index is 0.516. The lowest BCUT2D eigenvalue weighted by Crippen LogP contribution is -2.15. The van der Waals surface area contributed by atoms with Crippen molar-refractivity contribution < 1.29 is 14.2 Å². The number of H-pyrrole nitrogens is 1. The van der Waals surface area contributed by atoms with Crippen LogP contribution >= 0.6 is 23.2 Å². The minimum atomic E-state index is 0.516. The van der Waals surface area contributed by atoms with Crippen LogP contribution in [0.1, 0.15) is 12.2 Å². The molecule has 1 N–H and O–H groups in total. The Labute approximate surface area is 154 Å². The van der Waals surface area contributed by atoms with Gasteiger partial charge in [0.25, 0.3) is 0 Å². The molecule has 1 aliphatic heterocycles. The first kappa shape index (κ1) is 16.4. The molecule has 0 unspecified atom stereocenters. The Balaban J connectivity index is 1.38. The Kier molecular flexibility index (Phi) is 4.59. The summed E-state index contributed by atoms with van der Waals surface area (Å²) in [6.45, 7) is 1.69. The van der Waals surface area contributed by atoms with Crippen molar-refractivity contribution in [2.75, 3.05) is 19.8 Å². The summed E-state index contributed by atoms with van der Waals surface area (Å²) in [4.78, 5) is 7.92. The first-order chi connectivity index (χ1) is 12.2. The first-order valence-electron chi connectivity index (χ1n) is 8.05. The van der Waals surface area contributed by atoms with Gasteiger partial charge in [-0.05, 0) is 24.6 Å². The summed E-state index contributed by atoms with van der Waals surface area (Å²) in [7, 11) is 0. The normalized spacial score (nSPS) is 13.2. The van der Waals surface area contributed by atoms with Crippen LogP contribution in [0.3, 0.4) is 0 Å². The van der Waals surface area contributed by atoms with E-state index in [9.17, 15) is 0 Å². The average molecular weight is 379 g/mol. The van der Waals surface area contributed by atoms with Crippen molar-refractivity contribution in [3.63, 3.8) is 0 Å². The zero-order chi connectivity index (χ0) is 17.2. The second-order valence-corrected chi connectivity index (χ2v) is 6.57. The van der Waals surface area contributed by atoms with E-state index in [0.29, 0.717) is 35.6 Å². The molecular weight excluding hydrogens is 363 g/mol. The summed E-state index contributed by atoms with van der Waals surface area (Å²) in [5.74, 6) is 3.05. The molecule has 0 spiro atoms. The first-order valence-corrected chi connectivity index (χ1v) is 8.81. The summed E-state index contributed by atoms with van der Waals surface area (Å²) in [6, 6.07) is 9.05. The monoisotopic (exact) mass is 378 g/mol. The zero-order valence-electron chi connectivity index (χ0n) is 13.4. The van der Waals surface area contributed by atoms with Gasteiger partial charge >= 0.3 is 0 Å². The molecule has 4 rings (SSSR count). The van der Waals surface area contributed by atoms with E-state index in [4.69, 9.17) is 37.4 Å². The third-order valence-corrected chi connectivity index (χ3v) is 4.43. The molecule has 0 saturated heterocycles. The standard InChI is InChI=1S/C18H16Cl2N2O3/c19-11-3-4-15(12(20)8-11)23-5-1-2-18-21-13-9-16-17(10-14(13)22-18)25-7-6-24-16/h3-4,8-10H,1-2,5-7H2,(H,21,22). The van der Waals surface area contributed by atoms with Gasteiger partial charge in [0.15, 0.2) is 11.5 Å². The van der Waals surface area contributed by atoms with E-state index in [-0.39, 0.29) is 0 Å². The molecule has 130 valence electrons. The highest BCUT2D eigenvalue weighted by Crippen LogP contribution is 2.33. The summed E-state index contributed by atoms with van der Waals surface area (Å²) in [5, 5.41) is 1.11. The van der Waals surface area contributed by atoms with Gasteiger partial charge in [0.1, 0.15) is 24.8 Å². The molecule has 0 saturated carbocycles. The van der Waals surface area contributed by atoms with Gasteiger partial charge in [-0.3, -0.25) is 0 Å². The lowest BCUT2D eigenvalue weighted by molar-refractivity contribution is 0.172. The quantitative estimate of drug-likeness (QED) is 0.656. The van der Waals surface area contributed by atoms with Crippen LogP contribution in [-0.2, 0) is 6.42 Å². The summed E-state index contributed by atoms with van der Waals surface area (Å²) in [5.41, 5.74) is 1.82. The van der Waals surface area contributed by atoms with E-state index in [1.54, 1.807) is 18.2 Å². The Morgan fingerprint density at radius 3 is 2.68 bits per heavy atom. The van der Waals surface area contributed by atoms with Crippen molar-refractivity contribution in [1.29, 1.82) is 0 Å². The fourth-order valence-electron chi connectivity index (χ4n) is 2.73. The lowest BCUT2D eigenvalue weighted by atomic mass is 10.2. The van der Waals surface area contributed by atoms with Crippen molar-refractivity contribution >= 4 is 34.2 Å². The summed E-state index contributed by atoms with van der Waals surface area (Å²) in [6.07, 6.45) is 1.58. The van der Waals surface area contributed by atoms with Crippen molar-refractivity contribution in [2.45, 2.75) is 12.8 Å². The predicted molar refractivity (Wildman–Crippen MR) is 97.4 cm³/mol. The van der Waals surface area contributed by atoms with Gasteiger partial charge in [-0.15, -0.1) is 0 Å². The summed E-state index contributed by atoms with van der Waals surface area (Å²) < 4.78 is 16.9. The number of aryl methyl sites for hydroxylation is 1. The molecule has 0 aliphatic carbocycles. The topological polar surface area (TPSA) is 56.4 Å². The van der Waals surface area contributed by atoms with Crippen LogP contribution in [0.4, 0.5) is 0 Å². The smallest absolute Gasteiger partial charge is 0.163 e. The Morgan fingerprint density at radius 2 is 1.88 bits per heavy atom. The molecule has 2 aromatic carbocycles. The van der Waals surface area contributed by atoms with Gasteiger partial charge < -0.3 is 19.2 Å². The molecule has 1 aromatic heterocycles. The number of fused-ring (bicyclic) bond motifs is 2. The Hall–Kier alpha value is -2.11. The summed E-state index contributed by atoms with van der Waals surface area (Å²) >= 11 is 12.0. The highest BCUT2D eigenvalue weighted by atomic mass is 35.5. The number of aromatic amines is 1. The second-order valence-electron chi connectivity index (χ2n) is 5.72. The zero-order valence-corrected chi connectivity index (χ0v) is 14.9. The molecular formula is C18H16Cl2N2O3. The van der Waals surface area contributed by atoms with E-state index >= 15 is 0 Å². The molecule has 25 heavy (non-hydrogen) atoms. The maximum absolute atomic E-state index is 6.09. The minimum Gasteiger partial charge on any atom is -0.492 e. The number of ether oxygens (including phenoxy) is 3. The van der Waals surface area contributed by atoms with Crippen molar-refractivity contribution in [3.8, 4) is 17.2 Å². The number of imidazole rings is 1. The molecule has 0 amide bonds. The van der Waals surface area contributed by atoms with Crippen LogP contribution in [0.2, 0.25) is 10.0 Å². The van der Waals surface area contributed by atoms with Gasteiger partial charge in [-0.1, -0.05) is 23.2 Å². The number of rotatable bonds is 5. The van der Waals surface area contributed by atoms with Gasteiger partial charge in [-0.2, -0.15) is 0 Å². The van der Waals surface area contributed by atoms with Gasteiger partial charge in [0, 0.05) is 23.6 Å². The number of aromatic nitrogens is 2. The maximum atomic E-state index is 6.09. The van der Waals surface area contributed by atoms with E-state index in [0.717, 1.165) is 41.2 Å². The van der Waals surface area contributed by atoms with Crippen LogP contribution in [0.5, 0.6) is 17.2 Å². The fraction of sp³-hybridized carbons (Fsp3) is 0.278. The Bertz CT molecular complexity index is 868. The molecule has 2 heterocycles. The molecule has 0 atom stereocenters. The second kappa shape index (κ2) is 7.02. The highest BCUT2D eigenvalue weighted by molar-refractivity contribution is 6.35. The van der Waals surface area contributed by atoms with Crippen molar-refractivity contribution in [1.82, 2.24) is 9.97 Å². The Morgan fingerprint density at radius 1 is 1.08 bits per heavy atom. The molecule has 1 aliphatic rings. The molecule has 0 radical (unpaired) electrons. The number of benzene rings is 2. The van der Waals surface area contributed by atoms with Crippen LogP contribution in [0, 0.1) is 0 Å². The van der Waals surface area contributed by atoms with E-state index in [1.165, 1.54) is 0 Å². The van der Waals surface area contributed by atoms with Crippen molar-refractivity contribution in [3.05, 3.63) is 46.2 Å². The van der Waals surface area contributed by atoms with E-state index in [1.807, 2.05) is 12.1 Å². The number of hydrogen-bond donors (Lipinski definition) is 1. The fourth-order valence-corrected chi connectivity index (χ4v) is 3.19. The molecule has 3 aromatic rings.